The number of hydrogen-bond donors (Lipinski definition) is 0. The number of aliphatic imine (C=N–C) groups is 1. The Morgan fingerprint density at radius 3 is 2.56 bits per heavy atom. The minimum atomic E-state index is -3.48. The Balaban J connectivity index is 2.27. The Hall–Kier alpha value is -2.44. The summed E-state index contributed by atoms with van der Waals surface area (Å²) in [5.41, 5.74) is -1.96. The van der Waals surface area contributed by atoms with Crippen molar-refractivity contribution in [2.45, 2.75) is 32.0 Å². The average Bonchev–Trinajstić information content (AvgIpc) is 2.57. The summed E-state index contributed by atoms with van der Waals surface area (Å²) in [6, 6.07) is 5.19. The molecule has 0 bridgehead atoms. The SMILES string of the molecule is COc1cc(C2=NC(C)(C)C(F)(F)c3c(F)cccc32)cnc1CF. The monoisotopic (exact) mass is 352 g/mol. The second-order valence-corrected chi connectivity index (χ2v) is 6.26. The molecule has 1 aliphatic heterocycles. The van der Waals surface area contributed by atoms with Crippen molar-refractivity contribution in [3.8, 4) is 5.75 Å². The maximum atomic E-state index is 14.8. The van der Waals surface area contributed by atoms with Crippen molar-refractivity contribution < 1.29 is 22.3 Å². The van der Waals surface area contributed by atoms with E-state index in [2.05, 4.69) is 9.98 Å². The van der Waals surface area contributed by atoms with Crippen molar-refractivity contribution in [3.63, 3.8) is 0 Å². The fourth-order valence-electron chi connectivity index (χ4n) is 2.86. The Bertz CT molecular complexity index is 862. The number of nitrogens with zero attached hydrogens (tertiary/aromatic N) is 2. The highest BCUT2D eigenvalue weighted by Gasteiger charge is 2.54. The predicted octanol–water partition coefficient (Wildman–Crippen LogP) is 4.42. The number of aromatic nitrogens is 1. The van der Waals surface area contributed by atoms with E-state index in [1.54, 1.807) is 0 Å². The van der Waals surface area contributed by atoms with Crippen LogP contribution in [0.1, 0.15) is 36.2 Å². The molecule has 2 aromatic rings. The highest BCUT2D eigenvalue weighted by atomic mass is 19.3. The molecule has 0 fully saturated rings. The first kappa shape index (κ1) is 17.4. The first-order valence-electron chi connectivity index (χ1n) is 7.59. The van der Waals surface area contributed by atoms with Gasteiger partial charge in [-0.15, -0.1) is 0 Å². The third-order valence-electron chi connectivity index (χ3n) is 4.29. The van der Waals surface area contributed by atoms with Crippen LogP contribution < -0.4 is 4.74 Å². The molecular weight excluding hydrogens is 336 g/mol. The Morgan fingerprint density at radius 1 is 1.20 bits per heavy atom. The molecule has 1 aromatic carbocycles. The van der Waals surface area contributed by atoms with Gasteiger partial charge in [0.25, 0.3) is 0 Å². The molecular formula is C18H16F4N2O. The summed E-state index contributed by atoms with van der Waals surface area (Å²) in [4.78, 5) is 8.12. The van der Waals surface area contributed by atoms with Crippen molar-refractivity contribution in [2.75, 3.05) is 7.11 Å². The number of methoxy groups -OCH3 is 1. The first-order chi connectivity index (χ1) is 11.7. The lowest BCUT2D eigenvalue weighted by Crippen LogP contribution is -2.44. The van der Waals surface area contributed by atoms with Gasteiger partial charge in [0, 0.05) is 17.3 Å². The number of hydrogen-bond acceptors (Lipinski definition) is 3. The Labute approximate surface area is 142 Å². The largest absolute Gasteiger partial charge is 0.495 e. The predicted molar refractivity (Wildman–Crippen MR) is 85.6 cm³/mol. The maximum Gasteiger partial charge on any atom is 0.300 e. The molecule has 2 heterocycles. The molecule has 0 spiro atoms. The van der Waals surface area contributed by atoms with Crippen molar-refractivity contribution in [2.24, 2.45) is 4.99 Å². The molecule has 1 aliphatic rings. The van der Waals surface area contributed by atoms with E-state index in [0.717, 1.165) is 6.07 Å². The van der Waals surface area contributed by atoms with E-state index in [4.69, 9.17) is 4.74 Å². The number of alkyl halides is 3. The molecule has 0 radical (unpaired) electrons. The van der Waals surface area contributed by atoms with Crippen LogP contribution in [0.3, 0.4) is 0 Å². The number of fused-ring (bicyclic) bond motifs is 1. The topological polar surface area (TPSA) is 34.5 Å². The minimum Gasteiger partial charge on any atom is -0.495 e. The van der Waals surface area contributed by atoms with E-state index < -0.39 is 29.5 Å². The zero-order chi connectivity index (χ0) is 18.4. The van der Waals surface area contributed by atoms with Crippen LogP contribution in [0.4, 0.5) is 17.6 Å². The molecule has 1 aromatic heterocycles. The van der Waals surface area contributed by atoms with Crippen LogP contribution in [0.5, 0.6) is 5.75 Å². The maximum absolute atomic E-state index is 14.8. The van der Waals surface area contributed by atoms with Gasteiger partial charge in [-0.2, -0.15) is 8.78 Å². The smallest absolute Gasteiger partial charge is 0.300 e. The summed E-state index contributed by atoms with van der Waals surface area (Å²) in [7, 11) is 1.36. The van der Waals surface area contributed by atoms with E-state index in [1.807, 2.05) is 0 Å². The Kier molecular flexibility index (Phi) is 4.05. The molecule has 0 saturated carbocycles. The van der Waals surface area contributed by atoms with Crippen molar-refractivity contribution in [1.29, 1.82) is 0 Å². The van der Waals surface area contributed by atoms with Gasteiger partial charge in [0.15, 0.2) is 0 Å². The molecule has 25 heavy (non-hydrogen) atoms. The number of pyridine rings is 1. The van der Waals surface area contributed by atoms with Crippen LogP contribution in [0.2, 0.25) is 0 Å². The van der Waals surface area contributed by atoms with Crippen LogP contribution >= 0.6 is 0 Å². The number of ether oxygens (including phenoxy) is 1. The van der Waals surface area contributed by atoms with Gasteiger partial charge >= 0.3 is 5.92 Å². The highest BCUT2D eigenvalue weighted by Crippen LogP contribution is 2.47. The second kappa shape index (κ2) is 5.82. The lowest BCUT2D eigenvalue weighted by atomic mass is 9.81. The summed E-state index contributed by atoms with van der Waals surface area (Å²) in [6.45, 7) is 1.65. The standard InChI is InChI=1S/C18H16F4N2O/c1-17(2)18(21,22)15-11(5-4-6-12(15)20)16(24-17)10-7-14(25-3)13(8-19)23-9-10/h4-7,9H,8H2,1-3H3. The van der Waals surface area contributed by atoms with Crippen LogP contribution in [0.25, 0.3) is 0 Å². The third-order valence-corrected chi connectivity index (χ3v) is 4.29. The summed E-state index contributed by atoms with van der Waals surface area (Å²) < 4.78 is 61.8. The second-order valence-electron chi connectivity index (χ2n) is 6.26. The van der Waals surface area contributed by atoms with Gasteiger partial charge in [-0.25, -0.2) is 8.78 Å². The molecule has 132 valence electrons. The van der Waals surface area contributed by atoms with Crippen molar-refractivity contribution in [1.82, 2.24) is 4.98 Å². The third kappa shape index (κ3) is 2.58. The number of rotatable bonds is 3. The van der Waals surface area contributed by atoms with Crippen molar-refractivity contribution >= 4 is 5.71 Å². The van der Waals surface area contributed by atoms with Crippen LogP contribution in [-0.4, -0.2) is 23.3 Å². The average molecular weight is 352 g/mol. The van der Waals surface area contributed by atoms with Crippen molar-refractivity contribution in [3.05, 3.63) is 58.7 Å². The molecule has 3 rings (SSSR count). The fourth-order valence-corrected chi connectivity index (χ4v) is 2.86. The van der Waals surface area contributed by atoms with Gasteiger partial charge in [0.05, 0.1) is 18.4 Å². The quantitative estimate of drug-likeness (QED) is 0.767. The zero-order valence-corrected chi connectivity index (χ0v) is 13.9. The van der Waals surface area contributed by atoms with E-state index in [0.29, 0.717) is 5.56 Å². The highest BCUT2D eigenvalue weighted by molar-refractivity contribution is 6.14. The number of halogens is 4. The van der Waals surface area contributed by atoms with Gasteiger partial charge in [-0.1, -0.05) is 12.1 Å². The molecule has 0 aliphatic carbocycles. The minimum absolute atomic E-state index is 0.0128. The summed E-state index contributed by atoms with van der Waals surface area (Å²) in [6.07, 6.45) is 1.32. The molecule has 0 N–H and O–H groups in total. The van der Waals surface area contributed by atoms with E-state index in [-0.39, 0.29) is 22.7 Å². The molecule has 0 amide bonds. The summed E-state index contributed by atoms with van der Waals surface area (Å²) in [5, 5.41) is 0. The molecule has 7 heteroatoms. The first-order valence-corrected chi connectivity index (χ1v) is 7.59. The normalized spacial score (nSPS) is 17.6. The lowest BCUT2D eigenvalue weighted by Gasteiger charge is -2.37. The van der Waals surface area contributed by atoms with E-state index in [1.165, 1.54) is 45.4 Å². The van der Waals surface area contributed by atoms with E-state index in [9.17, 15) is 17.6 Å². The Morgan fingerprint density at radius 2 is 1.92 bits per heavy atom. The van der Waals surface area contributed by atoms with Crippen LogP contribution in [-0.2, 0) is 12.6 Å². The molecule has 0 saturated heterocycles. The number of benzene rings is 1. The summed E-state index contributed by atoms with van der Waals surface area (Å²) in [5.74, 6) is -4.30. The molecule has 3 nitrogen and oxygen atoms in total. The van der Waals surface area contributed by atoms with Gasteiger partial charge in [0.2, 0.25) is 0 Å². The summed E-state index contributed by atoms with van der Waals surface area (Å²) >= 11 is 0. The van der Waals surface area contributed by atoms with Crippen LogP contribution in [0.15, 0.2) is 35.5 Å². The van der Waals surface area contributed by atoms with E-state index >= 15 is 0 Å². The molecule has 0 unspecified atom stereocenters. The van der Waals surface area contributed by atoms with Gasteiger partial charge < -0.3 is 4.74 Å². The van der Waals surface area contributed by atoms with Gasteiger partial charge in [0.1, 0.15) is 29.5 Å². The fraction of sp³-hybridized carbons (Fsp3) is 0.333. The zero-order valence-electron chi connectivity index (χ0n) is 13.9. The molecule has 0 atom stereocenters. The van der Waals surface area contributed by atoms with Gasteiger partial charge in [-0.05, 0) is 26.0 Å². The lowest BCUT2D eigenvalue weighted by molar-refractivity contribution is -0.0710. The van der Waals surface area contributed by atoms with Gasteiger partial charge in [-0.3, -0.25) is 9.98 Å². The van der Waals surface area contributed by atoms with Crippen LogP contribution in [0, 0.1) is 5.82 Å².